The van der Waals surface area contributed by atoms with Gasteiger partial charge in [0.2, 0.25) is 0 Å². The van der Waals surface area contributed by atoms with Crippen LogP contribution >= 0.6 is 15.9 Å². The van der Waals surface area contributed by atoms with E-state index >= 15 is 0 Å². The van der Waals surface area contributed by atoms with Crippen molar-refractivity contribution in [2.24, 2.45) is 13.0 Å². The average molecular weight is 360 g/mol. The van der Waals surface area contributed by atoms with Crippen LogP contribution in [0.15, 0.2) is 21.5 Å². The summed E-state index contributed by atoms with van der Waals surface area (Å²) < 4.78 is 14.8. The van der Waals surface area contributed by atoms with Crippen molar-refractivity contribution in [3.63, 3.8) is 0 Å². The zero-order valence-corrected chi connectivity index (χ0v) is 14.9. The summed E-state index contributed by atoms with van der Waals surface area (Å²) in [5.74, 6) is 1.43. The number of aromatic nitrogens is 1. The Balaban J connectivity index is 2.33. The molecule has 5 heteroatoms. The molecule has 1 fully saturated rings. The maximum Gasteiger partial charge on any atom is 0.250 e. The maximum atomic E-state index is 12.5. The third-order valence-corrected chi connectivity index (χ3v) is 6.50. The van der Waals surface area contributed by atoms with Gasteiger partial charge in [0.25, 0.3) is 5.56 Å². The van der Waals surface area contributed by atoms with E-state index in [0.717, 1.165) is 10.0 Å². The lowest BCUT2D eigenvalue weighted by Gasteiger charge is -2.24. The van der Waals surface area contributed by atoms with Gasteiger partial charge in [0, 0.05) is 45.1 Å². The number of rotatable bonds is 4. The summed E-state index contributed by atoms with van der Waals surface area (Å²) in [4.78, 5) is 11.9. The van der Waals surface area contributed by atoms with Gasteiger partial charge in [0.05, 0.1) is 0 Å². The number of hydrogen-bond acceptors (Lipinski definition) is 2. The van der Waals surface area contributed by atoms with Crippen LogP contribution in [0.2, 0.25) is 0 Å². The van der Waals surface area contributed by atoms with Gasteiger partial charge in [-0.15, -0.1) is 0 Å². The number of halogens is 1. The molecule has 0 aliphatic heterocycles. The fraction of sp³-hybridized carbons (Fsp3) is 0.667. The topological polar surface area (TPSA) is 39.1 Å². The first-order valence-corrected chi connectivity index (χ1v) is 9.06. The van der Waals surface area contributed by atoms with Crippen molar-refractivity contribution >= 4 is 26.7 Å². The van der Waals surface area contributed by atoms with Gasteiger partial charge in [-0.1, -0.05) is 0 Å². The molecular formula is C15H22BrNO2S. The fourth-order valence-corrected chi connectivity index (χ4v) is 4.28. The molecule has 1 aromatic heterocycles. The zero-order valence-electron chi connectivity index (χ0n) is 12.5. The Kier molecular flexibility index (Phi) is 4.59. The predicted octanol–water partition coefficient (Wildman–Crippen LogP) is 3.19. The molecule has 0 amide bonds. The molecule has 1 aromatic rings. The molecule has 2 atom stereocenters. The molecule has 0 saturated heterocycles. The molecule has 0 radical (unpaired) electrons. The van der Waals surface area contributed by atoms with Gasteiger partial charge in [0.1, 0.15) is 0 Å². The second-order valence-electron chi connectivity index (χ2n) is 6.59. The quantitative estimate of drug-likeness (QED) is 0.827. The summed E-state index contributed by atoms with van der Waals surface area (Å²) >= 11 is 3.56. The highest BCUT2D eigenvalue weighted by Gasteiger charge is 2.36. The molecule has 1 saturated carbocycles. The van der Waals surface area contributed by atoms with Crippen LogP contribution in [0.4, 0.5) is 0 Å². The minimum Gasteiger partial charge on any atom is -0.317 e. The van der Waals surface area contributed by atoms with Crippen molar-refractivity contribution in [3.8, 4) is 0 Å². The van der Waals surface area contributed by atoms with E-state index in [1.807, 2.05) is 27.0 Å². The molecule has 1 aliphatic rings. The largest absolute Gasteiger partial charge is 0.317 e. The molecule has 0 N–H and O–H groups in total. The monoisotopic (exact) mass is 359 g/mol. The number of hydrogen-bond donors (Lipinski definition) is 0. The summed E-state index contributed by atoms with van der Waals surface area (Å²) in [6.45, 7) is 6.02. The second-order valence-corrected chi connectivity index (χ2v) is 9.70. The highest BCUT2D eigenvalue weighted by atomic mass is 79.9. The Bertz CT molecular complexity index is 585. The fourth-order valence-electron chi connectivity index (χ4n) is 2.29. The van der Waals surface area contributed by atoms with Crippen molar-refractivity contribution in [1.82, 2.24) is 4.57 Å². The van der Waals surface area contributed by atoms with Crippen molar-refractivity contribution in [1.29, 1.82) is 0 Å². The summed E-state index contributed by atoms with van der Waals surface area (Å²) in [6, 6.07) is 1.70. The summed E-state index contributed by atoms with van der Waals surface area (Å²) in [5, 5.41) is 0. The van der Waals surface area contributed by atoms with E-state index < -0.39 is 10.8 Å². The van der Waals surface area contributed by atoms with Gasteiger partial charge in [-0.25, -0.2) is 0 Å². The Morgan fingerprint density at radius 3 is 2.55 bits per heavy atom. The molecule has 1 unspecified atom stereocenters. The minimum absolute atomic E-state index is 0.00427. The lowest BCUT2D eigenvalue weighted by Crippen LogP contribution is -2.28. The van der Waals surface area contributed by atoms with Crippen LogP contribution in [0.25, 0.3) is 0 Å². The summed E-state index contributed by atoms with van der Waals surface area (Å²) in [7, 11) is 0.848. The lowest BCUT2D eigenvalue weighted by molar-refractivity contribution is 0.615. The molecule has 0 spiro atoms. The van der Waals surface area contributed by atoms with E-state index in [0.29, 0.717) is 11.7 Å². The molecule has 1 aliphatic carbocycles. The third kappa shape index (κ3) is 3.61. The van der Waals surface area contributed by atoms with Crippen LogP contribution in [-0.2, 0) is 17.8 Å². The van der Waals surface area contributed by atoms with Gasteiger partial charge >= 0.3 is 0 Å². The second kappa shape index (κ2) is 5.76. The summed E-state index contributed by atoms with van der Waals surface area (Å²) in [6.07, 6.45) is 4.16. The van der Waals surface area contributed by atoms with Crippen LogP contribution in [0.3, 0.4) is 0 Å². The Hall–Kier alpha value is -0.420. The maximum absolute atomic E-state index is 12.5. The first-order chi connectivity index (χ1) is 9.20. The molecular weight excluding hydrogens is 338 g/mol. The first kappa shape index (κ1) is 16.0. The van der Waals surface area contributed by atoms with E-state index in [4.69, 9.17) is 0 Å². The highest BCUT2D eigenvalue weighted by molar-refractivity contribution is 9.10. The molecule has 0 aromatic carbocycles. The van der Waals surface area contributed by atoms with Crippen molar-refractivity contribution in [2.45, 2.75) is 44.3 Å². The SMILES string of the molecule is Cn1cc(Br)c(C(C[S@@](=O)C(C)(C)C)C2CC2)cc1=O. The molecule has 3 nitrogen and oxygen atoms in total. The number of nitrogens with zero attached hydrogens (tertiary/aromatic N) is 1. The van der Waals surface area contributed by atoms with E-state index in [1.165, 1.54) is 12.8 Å². The van der Waals surface area contributed by atoms with E-state index in [1.54, 1.807) is 17.7 Å². The van der Waals surface area contributed by atoms with Gasteiger partial charge < -0.3 is 4.57 Å². The van der Waals surface area contributed by atoms with Gasteiger partial charge in [-0.2, -0.15) is 0 Å². The van der Waals surface area contributed by atoms with E-state index in [-0.39, 0.29) is 16.2 Å². The van der Waals surface area contributed by atoms with Crippen molar-refractivity contribution < 1.29 is 4.21 Å². The predicted molar refractivity (Wildman–Crippen MR) is 87.6 cm³/mol. The standard InChI is InChI=1S/C15H22BrNO2S/c1-15(2,3)20(19)9-12(10-5-6-10)11-7-14(18)17(4)8-13(11)16/h7-8,10,12H,5-6,9H2,1-4H3/t12?,20-/m1/s1. The Labute approximate surface area is 131 Å². The van der Waals surface area contributed by atoms with Crippen LogP contribution in [0.5, 0.6) is 0 Å². The van der Waals surface area contributed by atoms with E-state index in [9.17, 15) is 9.00 Å². The van der Waals surface area contributed by atoms with Crippen LogP contribution in [0, 0.1) is 5.92 Å². The zero-order chi connectivity index (χ0) is 15.1. The number of pyridine rings is 1. The average Bonchev–Trinajstić information content (AvgIpc) is 3.13. The molecule has 1 heterocycles. The van der Waals surface area contributed by atoms with Gasteiger partial charge in [-0.3, -0.25) is 9.00 Å². The molecule has 2 rings (SSSR count). The third-order valence-electron chi connectivity index (χ3n) is 3.81. The smallest absolute Gasteiger partial charge is 0.250 e. The molecule has 0 bridgehead atoms. The molecule has 112 valence electrons. The Morgan fingerprint density at radius 1 is 1.45 bits per heavy atom. The summed E-state index contributed by atoms with van der Waals surface area (Å²) in [5.41, 5.74) is 1.02. The van der Waals surface area contributed by atoms with Crippen LogP contribution < -0.4 is 5.56 Å². The molecule has 20 heavy (non-hydrogen) atoms. The Morgan fingerprint density at radius 2 is 2.05 bits per heavy atom. The number of aryl methyl sites for hydroxylation is 1. The normalized spacial score (nSPS) is 18.9. The van der Waals surface area contributed by atoms with Crippen molar-refractivity contribution in [3.05, 3.63) is 32.7 Å². The van der Waals surface area contributed by atoms with Crippen LogP contribution in [0.1, 0.15) is 45.1 Å². The van der Waals surface area contributed by atoms with Crippen LogP contribution in [-0.4, -0.2) is 19.3 Å². The highest BCUT2D eigenvalue weighted by Crippen LogP contribution is 2.45. The van der Waals surface area contributed by atoms with Gasteiger partial charge in [-0.05, 0) is 66.9 Å². The minimum atomic E-state index is -0.898. The first-order valence-electron chi connectivity index (χ1n) is 6.94. The van der Waals surface area contributed by atoms with E-state index in [2.05, 4.69) is 15.9 Å². The van der Waals surface area contributed by atoms with Crippen molar-refractivity contribution in [2.75, 3.05) is 5.75 Å². The lowest BCUT2D eigenvalue weighted by atomic mass is 9.97. The van der Waals surface area contributed by atoms with Gasteiger partial charge in [0.15, 0.2) is 0 Å².